The summed E-state index contributed by atoms with van der Waals surface area (Å²) in [5, 5.41) is 3.01. The highest BCUT2D eigenvalue weighted by Gasteiger charge is 2.16. The minimum atomic E-state index is -0.287. The summed E-state index contributed by atoms with van der Waals surface area (Å²) < 4.78 is 12.8. The van der Waals surface area contributed by atoms with Gasteiger partial charge in [0.25, 0.3) is 0 Å². The zero-order valence-corrected chi connectivity index (χ0v) is 12.8. The molecule has 0 saturated carbocycles. The summed E-state index contributed by atoms with van der Waals surface area (Å²) in [5.41, 5.74) is 1.87. The van der Waals surface area contributed by atoms with Gasteiger partial charge in [-0.25, -0.2) is 4.39 Å². The van der Waals surface area contributed by atoms with Crippen LogP contribution in [0.15, 0.2) is 60.7 Å². The average molecular weight is 297 g/mol. The number of carbonyl (C=O) groups excluding carboxylic acids is 1. The topological polar surface area (TPSA) is 29.1 Å². The van der Waals surface area contributed by atoms with Crippen LogP contribution in [0.3, 0.4) is 0 Å². The lowest BCUT2D eigenvalue weighted by atomic mass is 9.96. The molecule has 2 nitrogen and oxygen atoms in total. The number of benzene rings is 2. The Morgan fingerprint density at radius 1 is 1.05 bits per heavy atom. The van der Waals surface area contributed by atoms with Crippen molar-refractivity contribution < 1.29 is 9.18 Å². The van der Waals surface area contributed by atoms with Crippen molar-refractivity contribution in [3.8, 4) is 0 Å². The van der Waals surface area contributed by atoms with Gasteiger partial charge in [-0.05, 0) is 35.3 Å². The number of rotatable bonds is 5. The highest BCUT2D eigenvalue weighted by molar-refractivity contribution is 5.92. The van der Waals surface area contributed by atoms with Crippen LogP contribution in [-0.4, -0.2) is 5.91 Å². The number of hydrogen-bond donors (Lipinski definition) is 1. The molecular formula is C19H20FNO. The molecule has 0 bridgehead atoms. The lowest BCUT2D eigenvalue weighted by Crippen LogP contribution is -2.30. The van der Waals surface area contributed by atoms with E-state index in [9.17, 15) is 9.18 Å². The van der Waals surface area contributed by atoms with E-state index in [4.69, 9.17) is 0 Å². The van der Waals surface area contributed by atoms with Gasteiger partial charge in [-0.3, -0.25) is 4.79 Å². The Hall–Kier alpha value is -2.42. The molecule has 2 aromatic carbocycles. The Morgan fingerprint density at radius 2 is 1.68 bits per heavy atom. The molecule has 1 N–H and O–H groups in total. The Labute approximate surface area is 130 Å². The molecule has 0 saturated heterocycles. The summed E-state index contributed by atoms with van der Waals surface area (Å²) in [6.45, 7) is 4.14. The van der Waals surface area contributed by atoms with Crippen LogP contribution in [0.2, 0.25) is 0 Å². The van der Waals surface area contributed by atoms with Crippen LogP contribution < -0.4 is 5.32 Å². The van der Waals surface area contributed by atoms with Crippen LogP contribution in [0.25, 0.3) is 6.08 Å². The first kappa shape index (κ1) is 16.0. The largest absolute Gasteiger partial charge is 0.345 e. The van der Waals surface area contributed by atoms with Gasteiger partial charge in [0.2, 0.25) is 5.91 Å². The van der Waals surface area contributed by atoms with Crippen LogP contribution >= 0.6 is 0 Å². The highest BCUT2D eigenvalue weighted by atomic mass is 19.1. The molecule has 114 valence electrons. The molecule has 1 atom stereocenters. The molecule has 0 aromatic heterocycles. The van der Waals surface area contributed by atoms with Crippen molar-refractivity contribution in [2.24, 2.45) is 5.92 Å². The van der Waals surface area contributed by atoms with Gasteiger partial charge in [0, 0.05) is 6.08 Å². The molecular weight excluding hydrogens is 277 g/mol. The number of carbonyl (C=O) groups is 1. The van der Waals surface area contributed by atoms with E-state index >= 15 is 0 Å². The van der Waals surface area contributed by atoms with E-state index in [-0.39, 0.29) is 23.7 Å². The second-order valence-corrected chi connectivity index (χ2v) is 5.53. The Morgan fingerprint density at radius 3 is 2.27 bits per heavy atom. The number of hydrogen-bond acceptors (Lipinski definition) is 1. The number of amides is 1. The van der Waals surface area contributed by atoms with E-state index in [2.05, 4.69) is 19.2 Å². The Bertz CT molecular complexity index is 632. The molecule has 0 heterocycles. The first-order valence-corrected chi connectivity index (χ1v) is 7.35. The third kappa shape index (κ3) is 4.55. The van der Waals surface area contributed by atoms with Gasteiger partial charge in [-0.1, -0.05) is 56.3 Å². The summed E-state index contributed by atoms with van der Waals surface area (Å²) in [4.78, 5) is 12.1. The van der Waals surface area contributed by atoms with Gasteiger partial charge in [0.15, 0.2) is 0 Å². The summed E-state index contributed by atoms with van der Waals surface area (Å²) in [6, 6.07) is 15.9. The average Bonchev–Trinajstić information content (AvgIpc) is 2.52. The number of halogens is 1. The van der Waals surface area contributed by atoms with Gasteiger partial charge in [0.1, 0.15) is 5.82 Å². The highest BCUT2D eigenvalue weighted by Crippen LogP contribution is 2.21. The fraction of sp³-hybridized carbons (Fsp3) is 0.211. The van der Waals surface area contributed by atoms with E-state index in [1.165, 1.54) is 18.2 Å². The van der Waals surface area contributed by atoms with Gasteiger partial charge >= 0.3 is 0 Å². The van der Waals surface area contributed by atoms with Gasteiger partial charge in [-0.15, -0.1) is 0 Å². The molecule has 0 radical (unpaired) electrons. The van der Waals surface area contributed by atoms with Crippen molar-refractivity contribution in [2.75, 3.05) is 0 Å². The summed E-state index contributed by atoms with van der Waals surface area (Å²) in [7, 11) is 0. The molecule has 0 fully saturated rings. The standard InChI is InChI=1S/C19H20FNO/c1-14(2)19(16-6-4-3-5-7-16)21-18(22)13-10-15-8-11-17(20)12-9-15/h3-14,19H,1-2H3,(H,21,22)/b13-10+/t19-/m1/s1. The zero-order valence-electron chi connectivity index (χ0n) is 12.8. The predicted molar refractivity (Wildman–Crippen MR) is 87.6 cm³/mol. The van der Waals surface area contributed by atoms with Gasteiger partial charge < -0.3 is 5.32 Å². The van der Waals surface area contributed by atoms with Crippen LogP contribution in [0.4, 0.5) is 4.39 Å². The fourth-order valence-electron chi connectivity index (χ4n) is 2.24. The second-order valence-electron chi connectivity index (χ2n) is 5.53. The second kappa shape index (κ2) is 7.55. The summed E-state index contributed by atoms with van der Waals surface area (Å²) in [5.74, 6) is -0.164. The van der Waals surface area contributed by atoms with E-state index in [0.717, 1.165) is 11.1 Å². The van der Waals surface area contributed by atoms with Gasteiger partial charge in [0.05, 0.1) is 6.04 Å². The minimum absolute atomic E-state index is 0.0356. The first-order valence-electron chi connectivity index (χ1n) is 7.35. The van der Waals surface area contributed by atoms with Crippen LogP contribution in [-0.2, 0) is 4.79 Å². The minimum Gasteiger partial charge on any atom is -0.345 e. The lowest BCUT2D eigenvalue weighted by Gasteiger charge is -2.22. The first-order chi connectivity index (χ1) is 10.6. The summed E-state index contributed by atoms with van der Waals surface area (Å²) >= 11 is 0. The third-order valence-electron chi connectivity index (χ3n) is 3.42. The monoisotopic (exact) mass is 297 g/mol. The number of nitrogens with one attached hydrogen (secondary N) is 1. The van der Waals surface area contributed by atoms with Crippen LogP contribution in [0.1, 0.15) is 31.0 Å². The zero-order chi connectivity index (χ0) is 15.9. The van der Waals surface area contributed by atoms with Crippen molar-refractivity contribution in [3.63, 3.8) is 0 Å². The summed E-state index contributed by atoms with van der Waals surface area (Å²) in [6.07, 6.45) is 3.16. The van der Waals surface area contributed by atoms with Crippen molar-refractivity contribution in [1.82, 2.24) is 5.32 Å². The molecule has 0 aliphatic rings. The normalized spacial score (nSPS) is 12.5. The third-order valence-corrected chi connectivity index (χ3v) is 3.42. The SMILES string of the molecule is CC(C)[C@@H](NC(=O)/C=C/c1ccc(F)cc1)c1ccccc1. The van der Waals surface area contributed by atoms with Crippen molar-refractivity contribution in [2.45, 2.75) is 19.9 Å². The van der Waals surface area contributed by atoms with E-state index in [1.54, 1.807) is 18.2 Å². The maximum atomic E-state index is 12.8. The molecule has 1 amide bonds. The van der Waals surface area contributed by atoms with Crippen molar-refractivity contribution >= 4 is 12.0 Å². The Kier molecular flexibility index (Phi) is 5.48. The smallest absolute Gasteiger partial charge is 0.244 e. The van der Waals surface area contributed by atoms with Crippen LogP contribution in [0.5, 0.6) is 0 Å². The molecule has 0 spiro atoms. The molecule has 0 aliphatic carbocycles. The maximum Gasteiger partial charge on any atom is 0.244 e. The van der Waals surface area contributed by atoms with E-state index in [1.807, 2.05) is 30.3 Å². The molecule has 3 heteroatoms. The molecule has 0 aliphatic heterocycles. The van der Waals surface area contributed by atoms with E-state index < -0.39 is 0 Å². The van der Waals surface area contributed by atoms with Crippen molar-refractivity contribution in [3.05, 3.63) is 77.6 Å². The molecule has 2 aromatic rings. The van der Waals surface area contributed by atoms with E-state index in [0.29, 0.717) is 0 Å². The molecule has 0 unspecified atom stereocenters. The van der Waals surface area contributed by atoms with Crippen LogP contribution in [0, 0.1) is 11.7 Å². The predicted octanol–water partition coefficient (Wildman–Crippen LogP) is 4.35. The molecule has 2 rings (SSSR count). The fourth-order valence-corrected chi connectivity index (χ4v) is 2.24. The molecule has 22 heavy (non-hydrogen) atoms. The Balaban J connectivity index is 2.04. The lowest BCUT2D eigenvalue weighted by molar-refractivity contribution is -0.117. The quantitative estimate of drug-likeness (QED) is 0.817. The maximum absolute atomic E-state index is 12.8. The van der Waals surface area contributed by atoms with Gasteiger partial charge in [-0.2, -0.15) is 0 Å². The van der Waals surface area contributed by atoms with Crippen molar-refractivity contribution in [1.29, 1.82) is 0 Å².